The third kappa shape index (κ3) is 3.04. The van der Waals surface area contributed by atoms with E-state index >= 15 is 0 Å². The molecule has 0 aliphatic carbocycles. The van der Waals surface area contributed by atoms with Crippen molar-refractivity contribution in [3.05, 3.63) is 0 Å². The second kappa shape index (κ2) is 5.59. The molecule has 2 N–H and O–H groups in total. The van der Waals surface area contributed by atoms with Crippen LogP contribution in [0.1, 0.15) is 12.8 Å². The highest BCUT2D eigenvalue weighted by atomic mass is 32.2. The number of carbonyl (C=O) groups excluding carboxylic acids is 1. The number of hydrogen-bond donors (Lipinski definition) is 2. The number of carbonyl (C=O) groups is 2. The van der Waals surface area contributed by atoms with Gasteiger partial charge in [-0.15, -0.1) is 11.8 Å². The first-order valence-corrected chi connectivity index (χ1v) is 6.79. The van der Waals surface area contributed by atoms with Crippen LogP contribution in [0.2, 0.25) is 0 Å². The molecule has 2 fully saturated rings. The zero-order chi connectivity index (χ0) is 12.3. The lowest BCUT2D eigenvalue weighted by atomic mass is 10.1. The van der Waals surface area contributed by atoms with Crippen LogP contribution < -0.4 is 5.32 Å². The van der Waals surface area contributed by atoms with Crippen molar-refractivity contribution >= 4 is 23.8 Å². The Morgan fingerprint density at radius 2 is 2.29 bits per heavy atom. The zero-order valence-corrected chi connectivity index (χ0v) is 10.2. The highest BCUT2D eigenvalue weighted by Crippen LogP contribution is 2.21. The number of thioether (sulfide) groups is 1. The van der Waals surface area contributed by atoms with E-state index in [1.54, 1.807) is 0 Å². The molecule has 6 nitrogen and oxygen atoms in total. The summed E-state index contributed by atoms with van der Waals surface area (Å²) in [6.45, 7) is 1.26. The fourth-order valence-corrected chi connectivity index (χ4v) is 3.10. The van der Waals surface area contributed by atoms with Gasteiger partial charge in [-0.05, 0) is 12.8 Å². The minimum Gasteiger partial charge on any atom is -0.480 e. The maximum atomic E-state index is 11.9. The Kier molecular flexibility index (Phi) is 4.11. The lowest BCUT2D eigenvalue weighted by Crippen LogP contribution is -2.51. The van der Waals surface area contributed by atoms with Gasteiger partial charge in [0.1, 0.15) is 6.04 Å². The van der Waals surface area contributed by atoms with Crippen molar-refractivity contribution in [1.82, 2.24) is 10.2 Å². The third-order valence-electron chi connectivity index (χ3n) is 2.92. The quantitative estimate of drug-likeness (QED) is 0.748. The molecule has 17 heavy (non-hydrogen) atoms. The van der Waals surface area contributed by atoms with Gasteiger partial charge in [0, 0.05) is 12.4 Å². The number of carboxylic acids is 1. The second-order valence-electron chi connectivity index (χ2n) is 4.19. The molecular weight excluding hydrogens is 244 g/mol. The van der Waals surface area contributed by atoms with Gasteiger partial charge in [0.25, 0.3) is 0 Å². The maximum Gasteiger partial charge on any atom is 0.327 e. The van der Waals surface area contributed by atoms with E-state index in [0.717, 1.165) is 19.4 Å². The number of aliphatic carboxylic acids is 1. The van der Waals surface area contributed by atoms with E-state index in [9.17, 15) is 9.59 Å². The van der Waals surface area contributed by atoms with Gasteiger partial charge in [0.2, 0.25) is 0 Å². The van der Waals surface area contributed by atoms with Crippen LogP contribution in [-0.2, 0) is 9.53 Å². The minimum atomic E-state index is -0.940. The Balaban J connectivity index is 1.88. The largest absolute Gasteiger partial charge is 0.480 e. The highest BCUT2D eigenvalue weighted by Gasteiger charge is 2.35. The summed E-state index contributed by atoms with van der Waals surface area (Å²) in [7, 11) is 0. The molecule has 0 saturated carbocycles. The molecule has 2 rings (SSSR count). The Morgan fingerprint density at radius 1 is 1.47 bits per heavy atom. The monoisotopic (exact) mass is 260 g/mol. The van der Waals surface area contributed by atoms with E-state index in [0.29, 0.717) is 18.2 Å². The van der Waals surface area contributed by atoms with Gasteiger partial charge in [-0.25, -0.2) is 9.59 Å². The van der Waals surface area contributed by atoms with E-state index in [4.69, 9.17) is 9.84 Å². The predicted octanol–water partition coefficient (Wildman–Crippen LogP) is 0.334. The van der Waals surface area contributed by atoms with E-state index in [1.165, 1.54) is 16.7 Å². The van der Waals surface area contributed by atoms with Crippen LogP contribution >= 0.6 is 11.8 Å². The summed E-state index contributed by atoms with van der Waals surface area (Å²) in [5.41, 5.74) is 0. The lowest BCUT2D eigenvalue weighted by molar-refractivity contribution is -0.140. The molecule has 2 aliphatic heterocycles. The summed E-state index contributed by atoms with van der Waals surface area (Å²) in [4.78, 5) is 24.2. The summed E-state index contributed by atoms with van der Waals surface area (Å²) >= 11 is 1.46. The first-order valence-electron chi connectivity index (χ1n) is 5.64. The van der Waals surface area contributed by atoms with Gasteiger partial charge in [-0.2, -0.15) is 0 Å². The van der Waals surface area contributed by atoms with Crippen LogP contribution in [0, 0.1) is 0 Å². The number of ether oxygens (including phenoxy) is 1. The summed E-state index contributed by atoms with van der Waals surface area (Å²) in [5.74, 6) is -0.0367. The number of urea groups is 1. The molecule has 0 bridgehead atoms. The van der Waals surface area contributed by atoms with Crippen LogP contribution in [-0.4, -0.2) is 58.9 Å². The Labute approximate surface area is 104 Å². The standard InChI is InChI=1S/C10H16N2O4S/c13-9(14)8-5-17-6-12(8)10(15)11-7-2-1-3-16-4-7/h7-8H,1-6H2,(H,11,15)(H,13,14)/t7?,8-/m0/s1. The molecule has 2 atom stereocenters. The maximum absolute atomic E-state index is 11.9. The van der Waals surface area contributed by atoms with Crippen molar-refractivity contribution < 1.29 is 19.4 Å². The molecule has 2 heterocycles. The third-order valence-corrected chi connectivity index (χ3v) is 3.93. The number of nitrogens with zero attached hydrogens (tertiary/aromatic N) is 1. The predicted molar refractivity (Wildman–Crippen MR) is 63.0 cm³/mol. The fraction of sp³-hybridized carbons (Fsp3) is 0.800. The number of amides is 2. The topological polar surface area (TPSA) is 78.9 Å². The van der Waals surface area contributed by atoms with Gasteiger partial charge in [0.15, 0.2) is 0 Å². The smallest absolute Gasteiger partial charge is 0.327 e. The molecular formula is C10H16N2O4S. The van der Waals surface area contributed by atoms with Gasteiger partial charge >= 0.3 is 12.0 Å². The number of nitrogens with one attached hydrogen (secondary N) is 1. The molecule has 2 saturated heterocycles. The molecule has 0 aromatic rings. The summed E-state index contributed by atoms with van der Waals surface area (Å²) < 4.78 is 5.27. The molecule has 0 aromatic heterocycles. The van der Waals surface area contributed by atoms with Crippen molar-refractivity contribution in [3.63, 3.8) is 0 Å². The molecule has 0 aromatic carbocycles. The van der Waals surface area contributed by atoms with Crippen molar-refractivity contribution in [2.75, 3.05) is 24.8 Å². The van der Waals surface area contributed by atoms with E-state index in [2.05, 4.69) is 5.32 Å². The minimum absolute atomic E-state index is 0.0105. The van der Waals surface area contributed by atoms with Gasteiger partial charge < -0.3 is 20.1 Å². The van der Waals surface area contributed by atoms with Crippen molar-refractivity contribution in [1.29, 1.82) is 0 Å². The summed E-state index contributed by atoms with van der Waals surface area (Å²) in [6, 6.07) is -0.987. The van der Waals surface area contributed by atoms with Crippen LogP contribution in [0.3, 0.4) is 0 Å². The molecule has 96 valence electrons. The molecule has 7 heteroatoms. The van der Waals surface area contributed by atoms with Crippen molar-refractivity contribution in [2.24, 2.45) is 0 Å². The number of hydrogen-bond acceptors (Lipinski definition) is 4. The molecule has 0 radical (unpaired) electrons. The number of rotatable bonds is 2. The van der Waals surface area contributed by atoms with Gasteiger partial charge in [-0.1, -0.05) is 0 Å². The van der Waals surface area contributed by atoms with Crippen LogP contribution in [0.5, 0.6) is 0 Å². The first-order chi connectivity index (χ1) is 8.18. The number of carboxylic acid groups (broad SMARTS) is 1. The fourth-order valence-electron chi connectivity index (χ4n) is 1.96. The summed E-state index contributed by atoms with van der Waals surface area (Å²) in [6.07, 6.45) is 1.83. The average molecular weight is 260 g/mol. The first kappa shape index (κ1) is 12.5. The Bertz CT molecular complexity index is 307. The normalized spacial score (nSPS) is 29.1. The summed E-state index contributed by atoms with van der Waals surface area (Å²) in [5, 5.41) is 11.8. The van der Waals surface area contributed by atoms with E-state index < -0.39 is 12.0 Å². The van der Waals surface area contributed by atoms with Crippen LogP contribution in [0.4, 0.5) is 4.79 Å². The highest BCUT2D eigenvalue weighted by molar-refractivity contribution is 7.99. The van der Waals surface area contributed by atoms with Crippen LogP contribution in [0.25, 0.3) is 0 Å². The Hall–Kier alpha value is -0.950. The zero-order valence-electron chi connectivity index (χ0n) is 9.42. The van der Waals surface area contributed by atoms with Gasteiger partial charge in [-0.3, -0.25) is 0 Å². The average Bonchev–Trinajstić information content (AvgIpc) is 2.79. The SMILES string of the molecule is O=C(O)[C@@H]1CSCN1C(=O)NC1CCCOC1. The lowest BCUT2D eigenvalue weighted by Gasteiger charge is -2.27. The molecule has 1 unspecified atom stereocenters. The second-order valence-corrected chi connectivity index (χ2v) is 5.19. The van der Waals surface area contributed by atoms with Gasteiger partial charge in [0.05, 0.1) is 18.5 Å². The molecule has 0 spiro atoms. The van der Waals surface area contributed by atoms with Crippen molar-refractivity contribution in [3.8, 4) is 0 Å². The van der Waals surface area contributed by atoms with Crippen LogP contribution in [0.15, 0.2) is 0 Å². The Morgan fingerprint density at radius 3 is 2.94 bits per heavy atom. The van der Waals surface area contributed by atoms with E-state index in [1.807, 2.05) is 0 Å². The van der Waals surface area contributed by atoms with Crippen molar-refractivity contribution in [2.45, 2.75) is 24.9 Å². The molecule has 2 aliphatic rings. The van der Waals surface area contributed by atoms with E-state index in [-0.39, 0.29) is 12.1 Å². The molecule has 2 amide bonds.